The molecule has 0 aliphatic heterocycles. The van der Waals surface area contributed by atoms with Gasteiger partial charge in [-0.2, -0.15) is 4.98 Å². The van der Waals surface area contributed by atoms with Crippen LogP contribution >= 0.6 is 11.6 Å². The van der Waals surface area contributed by atoms with E-state index in [1.165, 1.54) is 12.8 Å². The van der Waals surface area contributed by atoms with Crippen LogP contribution in [-0.2, 0) is 0 Å². The highest BCUT2D eigenvalue weighted by atomic mass is 35.5. The fourth-order valence-corrected chi connectivity index (χ4v) is 2.42. The van der Waals surface area contributed by atoms with Crippen LogP contribution in [0, 0.1) is 13.8 Å². The molecule has 0 aliphatic carbocycles. The van der Waals surface area contributed by atoms with E-state index in [0.29, 0.717) is 5.95 Å². The van der Waals surface area contributed by atoms with Crippen molar-refractivity contribution in [2.24, 2.45) is 0 Å². The number of benzene rings is 1. The van der Waals surface area contributed by atoms with Crippen molar-refractivity contribution in [3.05, 3.63) is 40.5 Å². The average molecular weight is 319 g/mol. The summed E-state index contributed by atoms with van der Waals surface area (Å²) in [6.07, 6.45) is 3.60. The third kappa shape index (κ3) is 4.88. The molecule has 0 saturated heterocycles. The monoisotopic (exact) mass is 318 g/mol. The van der Waals surface area contributed by atoms with Gasteiger partial charge >= 0.3 is 0 Å². The van der Waals surface area contributed by atoms with Gasteiger partial charge in [0.1, 0.15) is 5.82 Å². The number of hydrogen-bond acceptors (Lipinski definition) is 4. The fourth-order valence-electron chi connectivity index (χ4n) is 2.19. The molecule has 1 heterocycles. The molecule has 2 rings (SSSR count). The van der Waals surface area contributed by atoms with Crippen LogP contribution in [-0.4, -0.2) is 16.5 Å². The third-order valence-corrected chi connectivity index (χ3v) is 3.61. The van der Waals surface area contributed by atoms with Crippen molar-refractivity contribution in [3.8, 4) is 0 Å². The number of unbranched alkanes of at least 4 members (excludes halogenated alkanes) is 2. The van der Waals surface area contributed by atoms with Gasteiger partial charge in [-0.05, 0) is 44.0 Å². The molecule has 0 bridgehead atoms. The van der Waals surface area contributed by atoms with Crippen LogP contribution in [0.4, 0.5) is 17.5 Å². The SMILES string of the molecule is CCCCCNc1cc(C)nc(Nc2ccc(Cl)cc2C)n1. The quantitative estimate of drug-likeness (QED) is 0.698. The van der Waals surface area contributed by atoms with Crippen molar-refractivity contribution >= 4 is 29.1 Å². The Kier molecular flexibility index (Phi) is 6.01. The largest absolute Gasteiger partial charge is 0.370 e. The Hall–Kier alpha value is -1.81. The van der Waals surface area contributed by atoms with Gasteiger partial charge < -0.3 is 10.6 Å². The van der Waals surface area contributed by atoms with Crippen molar-refractivity contribution in [1.82, 2.24) is 9.97 Å². The average Bonchev–Trinajstić information content (AvgIpc) is 2.46. The molecule has 2 aromatic rings. The summed E-state index contributed by atoms with van der Waals surface area (Å²) in [4.78, 5) is 8.97. The van der Waals surface area contributed by atoms with E-state index in [-0.39, 0.29) is 0 Å². The summed E-state index contributed by atoms with van der Waals surface area (Å²) in [6, 6.07) is 7.68. The highest BCUT2D eigenvalue weighted by molar-refractivity contribution is 6.30. The number of halogens is 1. The number of anilines is 3. The van der Waals surface area contributed by atoms with E-state index in [0.717, 1.165) is 40.8 Å². The Balaban J connectivity index is 2.08. The molecule has 2 N–H and O–H groups in total. The van der Waals surface area contributed by atoms with E-state index in [1.807, 2.05) is 38.1 Å². The van der Waals surface area contributed by atoms with Gasteiger partial charge in [0.15, 0.2) is 0 Å². The topological polar surface area (TPSA) is 49.8 Å². The number of aryl methyl sites for hydroxylation is 2. The van der Waals surface area contributed by atoms with Crippen molar-refractivity contribution in [1.29, 1.82) is 0 Å². The molecule has 0 atom stereocenters. The molecule has 0 amide bonds. The van der Waals surface area contributed by atoms with E-state index in [1.54, 1.807) is 0 Å². The maximum Gasteiger partial charge on any atom is 0.229 e. The molecule has 0 aliphatic rings. The molecule has 5 heteroatoms. The van der Waals surface area contributed by atoms with Gasteiger partial charge in [-0.1, -0.05) is 31.4 Å². The van der Waals surface area contributed by atoms with Gasteiger partial charge in [0, 0.05) is 29.0 Å². The zero-order valence-corrected chi connectivity index (χ0v) is 14.2. The third-order valence-electron chi connectivity index (χ3n) is 3.38. The summed E-state index contributed by atoms with van der Waals surface area (Å²) in [6.45, 7) is 7.11. The van der Waals surface area contributed by atoms with Crippen molar-refractivity contribution in [3.63, 3.8) is 0 Å². The summed E-state index contributed by atoms with van der Waals surface area (Å²) < 4.78 is 0. The molecule has 0 unspecified atom stereocenters. The molecule has 4 nitrogen and oxygen atoms in total. The molecular formula is C17H23ClN4. The first-order valence-corrected chi connectivity index (χ1v) is 8.09. The smallest absolute Gasteiger partial charge is 0.229 e. The van der Waals surface area contributed by atoms with Crippen LogP contribution in [0.5, 0.6) is 0 Å². The Labute approximate surface area is 137 Å². The fraction of sp³-hybridized carbons (Fsp3) is 0.412. The van der Waals surface area contributed by atoms with Crippen LogP contribution in [0.2, 0.25) is 5.02 Å². The van der Waals surface area contributed by atoms with Gasteiger partial charge in [0.2, 0.25) is 5.95 Å². The Morgan fingerprint density at radius 3 is 2.64 bits per heavy atom. The molecule has 0 saturated carbocycles. The molecule has 0 radical (unpaired) electrons. The van der Waals surface area contributed by atoms with Crippen molar-refractivity contribution in [2.75, 3.05) is 17.2 Å². The lowest BCUT2D eigenvalue weighted by atomic mass is 10.2. The number of nitrogens with zero attached hydrogens (tertiary/aromatic N) is 2. The van der Waals surface area contributed by atoms with E-state index < -0.39 is 0 Å². The molecule has 1 aromatic heterocycles. The lowest BCUT2D eigenvalue weighted by Crippen LogP contribution is -2.07. The Morgan fingerprint density at radius 1 is 1.09 bits per heavy atom. The summed E-state index contributed by atoms with van der Waals surface area (Å²) in [5, 5.41) is 7.35. The van der Waals surface area contributed by atoms with E-state index >= 15 is 0 Å². The van der Waals surface area contributed by atoms with Crippen molar-refractivity contribution < 1.29 is 0 Å². The lowest BCUT2D eigenvalue weighted by Gasteiger charge is -2.11. The predicted octanol–water partition coefficient (Wildman–Crippen LogP) is 5.09. The van der Waals surface area contributed by atoms with Crippen LogP contribution in [0.3, 0.4) is 0 Å². The second-order valence-electron chi connectivity index (χ2n) is 5.44. The normalized spacial score (nSPS) is 10.5. The lowest BCUT2D eigenvalue weighted by molar-refractivity contribution is 0.742. The highest BCUT2D eigenvalue weighted by Crippen LogP contribution is 2.22. The molecule has 1 aromatic carbocycles. The zero-order chi connectivity index (χ0) is 15.9. The van der Waals surface area contributed by atoms with Crippen LogP contribution < -0.4 is 10.6 Å². The molecule has 0 spiro atoms. The van der Waals surface area contributed by atoms with E-state index in [9.17, 15) is 0 Å². The first-order valence-electron chi connectivity index (χ1n) is 7.71. The minimum absolute atomic E-state index is 0.600. The van der Waals surface area contributed by atoms with Gasteiger partial charge in [-0.25, -0.2) is 4.98 Å². The molecule has 22 heavy (non-hydrogen) atoms. The molecule has 118 valence electrons. The van der Waals surface area contributed by atoms with Crippen LogP contribution in [0.1, 0.15) is 37.4 Å². The number of aromatic nitrogens is 2. The molecule has 0 fully saturated rings. The second kappa shape index (κ2) is 7.99. The number of hydrogen-bond donors (Lipinski definition) is 2. The number of rotatable bonds is 7. The van der Waals surface area contributed by atoms with E-state index in [4.69, 9.17) is 11.6 Å². The minimum Gasteiger partial charge on any atom is -0.370 e. The maximum atomic E-state index is 5.98. The van der Waals surface area contributed by atoms with Crippen LogP contribution in [0.25, 0.3) is 0 Å². The summed E-state index contributed by atoms with van der Waals surface area (Å²) in [5.74, 6) is 1.46. The predicted molar refractivity (Wildman–Crippen MR) is 94.3 cm³/mol. The number of nitrogens with one attached hydrogen (secondary N) is 2. The second-order valence-corrected chi connectivity index (χ2v) is 5.87. The van der Waals surface area contributed by atoms with E-state index in [2.05, 4.69) is 27.5 Å². The first kappa shape index (κ1) is 16.6. The summed E-state index contributed by atoms with van der Waals surface area (Å²) in [7, 11) is 0. The zero-order valence-electron chi connectivity index (χ0n) is 13.4. The van der Waals surface area contributed by atoms with Crippen molar-refractivity contribution in [2.45, 2.75) is 40.0 Å². The van der Waals surface area contributed by atoms with Gasteiger partial charge in [-0.3, -0.25) is 0 Å². The Bertz CT molecular complexity index is 628. The summed E-state index contributed by atoms with van der Waals surface area (Å²) >= 11 is 5.98. The minimum atomic E-state index is 0.600. The van der Waals surface area contributed by atoms with Crippen LogP contribution in [0.15, 0.2) is 24.3 Å². The first-order chi connectivity index (χ1) is 10.6. The van der Waals surface area contributed by atoms with Gasteiger partial charge in [-0.15, -0.1) is 0 Å². The van der Waals surface area contributed by atoms with Gasteiger partial charge in [0.05, 0.1) is 0 Å². The van der Waals surface area contributed by atoms with Gasteiger partial charge in [0.25, 0.3) is 0 Å². The maximum absolute atomic E-state index is 5.98. The Morgan fingerprint density at radius 2 is 1.91 bits per heavy atom. The molecular weight excluding hydrogens is 296 g/mol. The highest BCUT2D eigenvalue weighted by Gasteiger charge is 2.05. The standard InChI is InChI=1S/C17H23ClN4/c1-4-5-6-9-19-16-11-13(3)20-17(22-16)21-15-8-7-14(18)10-12(15)2/h7-8,10-11H,4-6,9H2,1-3H3,(H2,19,20,21,22). The summed E-state index contributed by atoms with van der Waals surface area (Å²) in [5.41, 5.74) is 2.96.